The van der Waals surface area contributed by atoms with E-state index in [9.17, 15) is 4.79 Å². The van der Waals surface area contributed by atoms with Crippen LogP contribution < -0.4 is 10.1 Å². The van der Waals surface area contributed by atoms with E-state index in [1.54, 1.807) is 32.5 Å². The second-order valence-corrected chi connectivity index (χ2v) is 5.57. The molecular formula is C17H20N2O3S. The summed E-state index contributed by atoms with van der Waals surface area (Å²) in [6.07, 6.45) is 3.33. The first-order chi connectivity index (χ1) is 11.2. The van der Waals surface area contributed by atoms with E-state index in [4.69, 9.17) is 9.47 Å². The molecule has 0 bridgehead atoms. The molecule has 0 radical (unpaired) electrons. The Balaban J connectivity index is 2.06. The van der Waals surface area contributed by atoms with Crippen LogP contribution in [0.5, 0.6) is 5.75 Å². The Morgan fingerprint density at radius 3 is 2.83 bits per heavy atom. The number of nitrogens with zero attached hydrogens (tertiary/aromatic N) is 1. The molecule has 2 aromatic rings. The molecule has 0 spiro atoms. The fourth-order valence-corrected chi connectivity index (χ4v) is 2.73. The lowest BCUT2D eigenvalue weighted by atomic mass is 10.1. The quantitative estimate of drug-likeness (QED) is 0.790. The molecular weight excluding hydrogens is 312 g/mol. The predicted octanol–water partition coefficient (Wildman–Crippen LogP) is 2.93. The largest absolute Gasteiger partial charge is 0.497 e. The minimum absolute atomic E-state index is 0.160. The Morgan fingerprint density at radius 1 is 1.30 bits per heavy atom. The van der Waals surface area contributed by atoms with Gasteiger partial charge in [0, 0.05) is 19.9 Å². The van der Waals surface area contributed by atoms with Crippen LogP contribution in [0.4, 0.5) is 0 Å². The van der Waals surface area contributed by atoms with Gasteiger partial charge in [0.25, 0.3) is 5.91 Å². The fraction of sp³-hybridized carbons (Fsp3) is 0.294. The summed E-state index contributed by atoms with van der Waals surface area (Å²) in [5.74, 6) is 0.597. The maximum Gasteiger partial charge on any atom is 0.254 e. The lowest BCUT2D eigenvalue weighted by molar-refractivity contribution is 0.0824. The highest BCUT2D eigenvalue weighted by molar-refractivity contribution is 7.98. The SMILES string of the molecule is COc1cccc(C(CNC(=O)c2cccnc2SC)OC)c1. The molecule has 0 aliphatic carbocycles. The highest BCUT2D eigenvalue weighted by Gasteiger charge is 2.16. The lowest BCUT2D eigenvalue weighted by Gasteiger charge is -2.17. The molecule has 122 valence electrons. The fourth-order valence-electron chi connectivity index (χ4n) is 2.19. The molecule has 1 heterocycles. The van der Waals surface area contributed by atoms with Gasteiger partial charge in [0.05, 0.1) is 18.8 Å². The van der Waals surface area contributed by atoms with Crippen LogP contribution in [-0.2, 0) is 4.74 Å². The predicted molar refractivity (Wildman–Crippen MR) is 91.1 cm³/mol. The van der Waals surface area contributed by atoms with Crippen LogP contribution in [0, 0.1) is 0 Å². The van der Waals surface area contributed by atoms with Crippen molar-refractivity contribution >= 4 is 17.7 Å². The molecule has 1 unspecified atom stereocenters. The van der Waals surface area contributed by atoms with E-state index in [0.717, 1.165) is 11.3 Å². The number of pyridine rings is 1. The highest BCUT2D eigenvalue weighted by atomic mass is 32.2. The maximum atomic E-state index is 12.4. The van der Waals surface area contributed by atoms with Gasteiger partial charge in [-0.05, 0) is 36.1 Å². The highest BCUT2D eigenvalue weighted by Crippen LogP contribution is 2.21. The normalized spacial score (nSPS) is 11.8. The molecule has 1 aromatic heterocycles. The zero-order valence-corrected chi connectivity index (χ0v) is 14.2. The molecule has 2 rings (SSSR count). The van der Waals surface area contributed by atoms with Crippen LogP contribution in [0.15, 0.2) is 47.6 Å². The average molecular weight is 332 g/mol. The maximum absolute atomic E-state index is 12.4. The molecule has 0 fully saturated rings. The van der Waals surface area contributed by atoms with Crippen molar-refractivity contribution < 1.29 is 14.3 Å². The summed E-state index contributed by atoms with van der Waals surface area (Å²) in [7, 11) is 3.24. The van der Waals surface area contributed by atoms with Gasteiger partial charge in [-0.3, -0.25) is 4.79 Å². The van der Waals surface area contributed by atoms with Crippen LogP contribution in [0.1, 0.15) is 22.0 Å². The smallest absolute Gasteiger partial charge is 0.254 e. The van der Waals surface area contributed by atoms with Crippen molar-refractivity contribution in [1.29, 1.82) is 0 Å². The Bertz CT molecular complexity index is 664. The first-order valence-corrected chi connectivity index (χ1v) is 8.36. The second kappa shape index (κ2) is 8.55. The number of carbonyl (C=O) groups is 1. The zero-order chi connectivity index (χ0) is 16.7. The number of hydrogen-bond donors (Lipinski definition) is 1. The molecule has 1 amide bonds. The number of benzene rings is 1. The summed E-state index contributed by atoms with van der Waals surface area (Å²) in [6.45, 7) is 0.366. The number of nitrogens with one attached hydrogen (secondary N) is 1. The van der Waals surface area contributed by atoms with Gasteiger partial charge < -0.3 is 14.8 Å². The number of amides is 1. The van der Waals surface area contributed by atoms with Crippen LogP contribution in [0.2, 0.25) is 0 Å². The van der Waals surface area contributed by atoms with Gasteiger partial charge in [-0.25, -0.2) is 4.98 Å². The standard InChI is InChI=1S/C17H20N2O3S/c1-21-13-7-4-6-12(10-13)15(22-2)11-19-16(20)14-8-5-9-18-17(14)23-3/h4-10,15H,11H2,1-3H3,(H,19,20). The minimum Gasteiger partial charge on any atom is -0.497 e. The van der Waals surface area contributed by atoms with Crippen LogP contribution in [-0.4, -0.2) is 37.9 Å². The van der Waals surface area contributed by atoms with Crippen LogP contribution >= 0.6 is 11.8 Å². The lowest BCUT2D eigenvalue weighted by Crippen LogP contribution is -2.29. The zero-order valence-electron chi connectivity index (χ0n) is 13.4. The summed E-state index contributed by atoms with van der Waals surface area (Å²) in [4.78, 5) is 16.6. The van der Waals surface area contributed by atoms with Gasteiger partial charge in [-0.2, -0.15) is 0 Å². The third kappa shape index (κ3) is 4.46. The minimum atomic E-state index is -0.247. The van der Waals surface area contributed by atoms with Crippen LogP contribution in [0.3, 0.4) is 0 Å². The van der Waals surface area contributed by atoms with Crippen molar-refractivity contribution in [2.24, 2.45) is 0 Å². The number of methoxy groups -OCH3 is 2. The molecule has 0 saturated carbocycles. The molecule has 1 N–H and O–H groups in total. The molecule has 0 aliphatic heterocycles. The summed E-state index contributed by atoms with van der Waals surface area (Å²) < 4.78 is 10.7. The first-order valence-electron chi connectivity index (χ1n) is 7.13. The molecule has 0 saturated heterocycles. The van der Waals surface area contributed by atoms with Crippen molar-refractivity contribution in [3.05, 3.63) is 53.7 Å². The average Bonchev–Trinajstić information content (AvgIpc) is 2.62. The first kappa shape index (κ1) is 17.3. The van der Waals surface area contributed by atoms with Gasteiger partial charge in [0.15, 0.2) is 0 Å². The van der Waals surface area contributed by atoms with Gasteiger partial charge in [-0.15, -0.1) is 11.8 Å². The van der Waals surface area contributed by atoms with Crippen molar-refractivity contribution in [2.45, 2.75) is 11.1 Å². The van der Waals surface area contributed by atoms with E-state index >= 15 is 0 Å². The number of ether oxygens (including phenoxy) is 2. The third-order valence-corrected chi connectivity index (χ3v) is 4.12. The van der Waals surface area contributed by atoms with E-state index in [1.165, 1.54) is 11.8 Å². The molecule has 1 atom stereocenters. The third-order valence-electron chi connectivity index (χ3n) is 3.41. The van der Waals surface area contributed by atoms with E-state index < -0.39 is 0 Å². The number of aromatic nitrogens is 1. The molecule has 23 heavy (non-hydrogen) atoms. The van der Waals surface area contributed by atoms with E-state index in [0.29, 0.717) is 17.1 Å². The second-order valence-electron chi connectivity index (χ2n) is 4.77. The summed E-state index contributed by atoms with van der Waals surface area (Å²) in [5, 5.41) is 3.61. The van der Waals surface area contributed by atoms with Gasteiger partial charge in [0.1, 0.15) is 10.8 Å². The van der Waals surface area contributed by atoms with Crippen molar-refractivity contribution in [2.75, 3.05) is 27.0 Å². The van der Waals surface area contributed by atoms with Crippen molar-refractivity contribution in [1.82, 2.24) is 10.3 Å². The number of carbonyl (C=O) groups excluding carboxylic acids is 1. The van der Waals surface area contributed by atoms with Crippen LogP contribution in [0.25, 0.3) is 0 Å². The van der Waals surface area contributed by atoms with Crippen molar-refractivity contribution in [3.63, 3.8) is 0 Å². The number of thioether (sulfide) groups is 1. The van der Waals surface area contributed by atoms with E-state index in [-0.39, 0.29) is 12.0 Å². The van der Waals surface area contributed by atoms with E-state index in [1.807, 2.05) is 30.5 Å². The van der Waals surface area contributed by atoms with Gasteiger partial charge in [-0.1, -0.05) is 12.1 Å². The Labute approximate surface area is 140 Å². The molecule has 0 aliphatic rings. The summed E-state index contributed by atoms with van der Waals surface area (Å²) in [6, 6.07) is 11.1. The van der Waals surface area contributed by atoms with Crippen molar-refractivity contribution in [3.8, 4) is 5.75 Å². The van der Waals surface area contributed by atoms with Gasteiger partial charge >= 0.3 is 0 Å². The molecule has 6 heteroatoms. The topological polar surface area (TPSA) is 60.5 Å². The molecule has 1 aromatic carbocycles. The summed E-state index contributed by atoms with van der Waals surface area (Å²) >= 11 is 1.45. The summed E-state index contributed by atoms with van der Waals surface area (Å²) in [5.41, 5.74) is 1.52. The monoisotopic (exact) mass is 332 g/mol. The Hall–Kier alpha value is -2.05. The van der Waals surface area contributed by atoms with Gasteiger partial charge in [0.2, 0.25) is 0 Å². The Morgan fingerprint density at radius 2 is 2.13 bits per heavy atom. The number of rotatable bonds is 7. The van der Waals surface area contributed by atoms with E-state index in [2.05, 4.69) is 10.3 Å². The Kier molecular flexibility index (Phi) is 6.43. The molecule has 5 nitrogen and oxygen atoms in total. The number of hydrogen-bond acceptors (Lipinski definition) is 5.